The molecule has 8 nitrogen and oxygen atoms in total. The monoisotopic (exact) mass is 331 g/mol. The third-order valence-corrected chi connectivity index (χ3v) is 5.34. The summed E-state index contributed by atoms with van der Waals surface area (Å²) in [5, 5.41) is 18.4. The number of carbonyl (C=O) groups excluding carboxylic acids is 1. The van der Waals surface area contributed by atoms with Crippen molar-refractivity contribution in [2.24, 2.45) is 5.92 Å². The first-order valence-electron chi connectivity index (χ1n) is 6.25. The van der Waals surface area contributed by atoms with Crippen molar-refractivity contribution in [1.82, 2.24) is 14.5 Å². The Hall–Kier alpha value is -1.57. The van der Waals surface area contributed by atoms with Gasteiger partial charge in [0.05, 0.1) is 6.07 Å². The molecule has 1 amide bonds. The summed E-state index contributed by atoms with van der Waals surface area (Å²) >= 11 is 0.790. The van der Waals surface area contributed by atoms with Crippen LogP contribution in [0, 0.1) is 17.2 Å². The van der Waals surface area contributed by atoms with E-state index in [1.165, 1.54) is 11.2 Å². The van der Waals surface area contributed by atoms with Crippen molar-refractivity contribution >= 4 is 32.4 Å². The Morgan fingerprint density at radius 2 is 2.14 bits per heavy atom. The van der Waals surface area contributed by atoms with Gasteiger partial charge < -0.3 is 5.32 Å². The zero-order valence-corrected chi connectivity index (χ0v) is 13.7. The van der Waals surface area contributed by atoms with Gasteiger partial charge in [-0.15, -0.1) is 10.2 Å². The van der Waals surface area contributed by atoms with Crippen molar-refractivity contribution in [1.29, 1.82) is 5.26 Å². The Morgan fingerprint density at radius 1 is 1.48 bits per heavy atom. The third-order valence-electron chi connectivity index (χ3n) is 2.29. The van der Waals surface area contributed by atoms with E-state index in [0.29, 0.717) is 6.54 Å². The molecule has 0 aliphatic heterocycles. The first-order chi connectivity index (χ1) is 9.77. The van der Waals surface area contributed by atoms with Crippen molar-refractivity contribution in [2.75, 3.05) is 18.4 Å². The van der Waals surface area contributed by atoms with Crippen molar-refractivity contribution in [2.45, 2.75) is 31.5 Å². The van der Waals surface area contributed by atoms with E-state index in [9.17, 15) is 13.2 Å². The van der Waals surface area contributed by atoms with Crippen molar-refractivity contribution < 1.29 is 13.2 Å². The number of sulfonamides is 1. The molecule has 1 heterocycles. The highest BCUT2D eigenvalue weighted by molar-refractivity contribution is 7.91. The molecule has 1 aromatic heterocycles. The normalized spacial score (nSPS) is 11.6. The fourth-order valence-electron chi connectivity index (χ4n) is 1.52. The zero-order chi connectivity index (χ0) is 16.0. The predicted molar refractivity (Wildman–Crippen MR) is 78.0 cm³/mol. The average Bonchev–Trinajstić information content (AvgIpc) is 2.82. The van der Waals surface area contributed by atoms with Gasteiger partial charge in [-0.1, -0.05) is 25.2 Å². The molecule has 0 unspecified atom stereocenters. The van der Waals surface area contributed by atoms with Crippen LogP contribution in [0.4, 0.5) is 5.13 Å². The minimum Gasteiger partial charge on any atom is -0.301 e. The van der Waals surface area contributed by atoms with E-state index >= 15 is 0 Å². The summed E-state index contributed by atoms with van der Waals surface area (Å²) in [6.07, 6.45) is 0.101. The molecule has 1 aromatic rings. The van der Waals surface area contributed by atoms with Gasteiger partial charge in [-0.05, 0) is 5.92 Å². The standard InChI is InChI=1S/C11H17N5O3S2/c1-8(2)7-16(6-4-5-12)21(18,19)11-15-14-10(20-11)13-9(3)17/h8H,4,6-7H2,1-3H3,(H,13,14,17). The minimum atomic E-state index is -3.81. The maximum Gasteiger partial charge on any atom is 0.272 e. The van der Waals surface area contributed by atoms with E-state index in [0.717, 1.165) is 11.3 Å². The molecule has 0 saturated heterocycles. The Kier molecular flexibility index (Phi) is 6.19. The minimum absolute atomic E-state index is 0.101. The Labute approximate surface area is 127 Å². The molecule has 0 saturated carbocycles. The smallest absolute Gasteiger partial charge is 0.272 e. The summed E-state index contributed by atoms with van der Waals surface area (Å²) in [6, 6.07) is 1.93. The van der Waals surface area contributed by atoms with E-state index in [-0.39, 0.29) is 34.3 Å². The van der Waals surface area contributed by atoms with Crippen LogP contribution in [0.25, 0.3) is 0 Å². The second-order valence-electron chi connectivity index (χ2n) is 4.72. The predicted octanol–water partition coefficient (Wildman–Crippen LogP) is 1.06. The number of hydrogen-bond acceptors (Lipinski definition) is 7. The molecule has 0 spiro atoms. The summed E-state index contributed by atoms with van der Waals surface area (Å²) in [5.41, 5.74) is 0. The maximum absolute atomic E-state index is 12.5. The number of nitrogens with zero attached hydrogens (tertiary/aromatic N) is 4. The number of anilines is 1. The van der Waals surface area contributed by atoms with Crippen LogP contribution in [0.15, 0.2) is 4.34 Å². The van der Waals surface area contributed by atoms with E-state index in [1.54, 1.807) is 0 Å². The number of nitrogens with one attached hydrogen (secondary N) is 1. The molecule has 21 heavy (non-hydrogen) atoms. The van der Waals surface area contributed by atoms with Gasteiger partial charge in [0.2, 0.25) is 15.4 Å². The van der Waals surface area contributed by atoms with Gasteiger partial charge in [0, 0.05) is 26.4 Å². The van der Waals surface area contributed by atoms with Crippen molar-refractivity contribution in [3.63, 3.8) is 0 Å². The van der Waals surface area contributed by atoms with Crippen LogP contribution in [0.5, 0.6) is 0 Å². The summed E-state index contributed by atoms with van der Waals surface area (Å²) in [5.74, 6) is -0.236. The lowest BCUT2D eigenvalue weighted by molar-refractivity contribution is -0.114. The third kappa shape index (κ3) is 5.04. The molecular formula is C11H17N5O3S2. The number of carbonyl (C=O) groups is 1. The fourth-order valence-corrected chi connectivity index (χ4v) is 4.21. The van der Waals surface area contributed by atoms with Crippen molar-refractivity contribution in [3.8, 4) is 6.07 Å². The van der Waals surface area contributed by atoms with E-state index < -0.39 is 10.0 Å². The van der Waals surface area contributed by atoms with Gasteiger partial charge in [0.1, 0.15) is 0 Å². The quantitative estimate of drug-likeness (QED) is 0.747. The number of aromatic nitrogens is 2. The topological polar surface area (TPSA) is 116 Å². The Balaban J connectivity index is 3.01. The molecule has 0 fully saturated rings. The van der Waals surface area contributed by atoms with Gasteiger partial charge in [-0.25, -0.2) is 8.42 Å². The average molecular weight is 331 g/mol. The molecule has 1 rings (SSSR count). The lowest BCUT2D eigenvalue weighted by Crippen LogP contribution is -2.35. The first kappa shape index (κ1) is 17.5. The van der Waals surface area contributed by atoms with Crippen LogP contribution in [-0.2, 0) is 14.8 Å². The van der Waals surface area contributed by atoms with Crippen LogP contribution in [0.1, 0.15) is 27.2 Å². The highest BCUT2D eigenvalue weighted by Gasteiger charge is 2.29. The van der Waals surface area contributed by atoms with Crippen LogP contribution in [0.3, 0.4) is 0 Å². The molecular weight excluding hydrogens is 314 g/mol. The Morgan fingerprint density at radius 3 is 2.67 bits per heavy atom. The molecule has 0 aromatic carbocycles. The lowest BCUT2D eigenvalue weighted by atomic mass is 10.2. The van der Waals surface area contributed by atoms with Gasteiger partial charge in [-0.2, -0.15) is 9.57 Å². The number of hydrogen-bond donors (Lipinski definition) is 1. The maximum atomic E-state index is 12.5. The van der Waals surface area contributed by atoms with Crippen LogP contribution in [0.2, 0.25) is 0 Å². The molecule has 116 valence electrons. The number of amides is 1. The summed E-state index contributed by atoms with van der Waals surface area (Å²) in [4.78, 5) is 10.9. The fraction of sp³-hybridized carbons (Fsp3) is 0.636. The first-order valence-corrected chi connectivity index (χ1v) is 8.51. The molecule has 0 bridgehead atoms. The molecule has 0 aliphatic carbocycles. The molecule has 1 N–H and O–H groups in total. The molecule has 0 atom stereocenters. The second-order valence-corrected chi connectivity index (χ2v) is 7.81. The highest BCUT2D eigenvalue weighted by atomic mass is 32.2. The van der Waals surface area contributed by atoms with Gasteiger partial charge in [0.15, 0.2) is 0 Å². The van der Waals surface area contributed by atoms with Gasteiger partial charge in [-0.3, -0.25) is 4.79 Å². The van der Waals surface area contributed by atoms with E-state index in [4.69, 9.17) is 5.26 Å². The van der Waals surface area contributed by atoms with Crippen molar-refractivity contribution in [3.05, 3.63) is 0 Å². The summed E-state index contributed by atoms with van der Waals surface area (Å²) in [7, 11) is -3.81. The number of nitriles is 1. The Bertz CT molecular complexity index is 633. The van der Waals surface area contributed by atoms with Gasteiger partial charge in [0.25, 0.3) is 10.0 Å². The number of rotatable bonds is 7. The SMILES string of the molecule is CC(=O)Nc1nnc(S(=O)(=O)N(CCC#N)CC(C)C)s1. The van der Waals surface area contributed by atoms with Crippen LogP contribution < -0.4 is 5.32 Å². The van der Waals surface area contributed by atoms with E-state index in [2.05, 4.69) is 15.5 Å². The zero-order valence-electron chi connectivity index (χ0n) is 12.0. The largest absolute Gasteiger partial charge is 0.301 e. The second kappa shape index (κ2) is 7.44. The molecule has 0 aliphatic rings. The summed E-state index contributed by atoms with van der Waals surface area (Å²) in [6.45, 7) is 5.47. The molecule has 10 heteroatoms. The van der Waals surface area contributed by atoms with E-state index in [1.807, 2.05) is 19.9 Å². The van der Waals surface area contributed by atoms with Gasteiger partial charge >= 0.3 is 0 Å². The summed E-state index contributed by atoms with van der Waals surface area (Å²) < 4.78 is 26.0. The van der Waals surface area contributed by atoms with Crippen LogP contribution in [-0.4, -0.2) is 41.9 Å². The lowest BCUT2D eigenvalue weighted by Gasteiger charge is -2.21. The highest BCUT2D eigenvalue weighted by Crippen LogP contribution is 2.24. The molecule has 0 radical (unpaired) electrons. The van der Waals surface area contributed by atoms with Crippen LogP contribution >= 0.6 is 11.3 Å².